The Morgan fingerprint density at radius 1 is 1.62 bits per heavy atom. The van der Waals surface area contributed by atoms with Crippen molar-refractivity contribution in [1.82, 2.24) is 9.36 Å². The smallest absolute Gasteiger partial charge is 0.202 e. The molecule has 1 heterocycles. The maximum atomic E-state index is 4.23. The molecule has 1 unspecified atom stereocenters. The first-order chi connectivity index (χ1) is 6.22. The van der Waals surface area contributed by atoms with E-state index in [1.807, 2.05) is 18.7 Å². The highest BCUT2D eigenvalue weighted by molar-refractivity contribution is 7.98. The third kappa shape index (κ3) is 3.95. The highest BCUT2D eigenvalue weighted by Crippen LogP contribution is 2.11. The Hall–Kier alpha value is -0.290. The van der Waals surface area contributed by atoms with Crippen LogP contribution in [0.1, 0.15) is 12.7 Å². The first kappa shape index (κ1) is 10.8. The van der Waals surface area contributed by atoms with Crippen molar-refractivity contribution in [2.24, 2.45) is 5.92 Å². The van der Waals surface area contributed by atoms with Crippen LogP contribution in [0.5, 0.6) is 0 Å². The number of hydrogen-bond acceptors (Lipinski definition) is 5. The fourth-order valence-corrected chi connectivity index (χ4v) is 2.24. The van der Waals surface area contributed by atoms with Crippen molar-refractivity contribution < 1.29 is 0 Å². The summed E-state index contributed by atoms with van der Waals surface area (Å²) in [6.07, 6.45) is 2.13. The van der Waals surface area contributed by atoms with Crippen molar-refractivity contribution in [3.63, 3.8) is 0 Å². The van der Waals surface area contributed by atoms with Gasteiger partial charge in [-0.2, -0.15) is 16.1 Å². The fraction of sp³-hybridized carbons (Fsp3) is 0.750. The van der Waals surface area contributed by atoms with Gasteiger partial charge in [-0.05, 0) is 24.9 Å². The lowest BCUT2D eigenvalue weighted by atomic mass is 10.2. The van der Waals surface area contributed by atoms with Gasteiger partial charge in [-0.1, -0.05) is 6.92 Å². The van der Waals surface area contributed by atoms with Crippen molar-refractivity contribution >= 4 is 28.4 Å². The third-order valence-electron chi connectivity index (χ3n) is 1.58. The van der Waals surface area contributed by atoms with Crippen LogP contribution in [0, 0.1) is 12.8 Å². The van der Waals surface area contributed by atoms with Crippen molar-refractivity contribution in [2.45, 2.75) is 13.8 Å². The van der Waals surface area contributed by atoms with Gasteiger partial charge in [0.05, 0.1) is 0 Å². The van der Waals surface area contributed by atoms with E-state index in [1.165, 1.54) is 17.3 Å². The summed E-state index contributed by atoms with van der Waals surface area (Å²) in [4.78, 5) is 4.23. The number of aromatic nitrogens is 2. The van der Waals surface area contributed by atoms with Gasteiger partial charge in [-0.25, -0.2) is 4.98 Å². The molecular weight excluding hydrogens is 202 g/mol. The minimum absolute atomic E-state index is 0.680. The highest BCUT2D eigenvalue weighted by Gasteiger charge is 2.03. The summed E-state index contributed by atoms with van der Waals surface area (Å²) in [6.45, 7) is 5.12. The van der Waals surface area contributed by atoms with Gasteiger partial charge >= 0.3 is 0 Å². The molecular formula is C8H15N3S2. The lowest BCUT2D eigenvalue weighted by molar-refractivity contribution is 0.701. The Kier molecular flexibility index (Phi) is 4.52. The molecule has 0 radical (unpaired) electrons. The number of anilines is 1. The van der Waals surface area contributed by atoms with Gasteiger partial charge in [0.2, 0.25) is 5.13 Å². The topological polar surface area (TPSA) is 37.8 Å². The maximum absolute atomic E-state index is 4.23. The van der Waals surface area contributed by atoms with E-state index in [9.17, 15) is 0 Å². The number of nitrogens with one attached hydrogen (secondary N) is 1. The average Bonchev–Trinajstić information content (AvgIpc) is 2.49. The fourth-order valence-electron chi connectivity index (χ4n) is 0.974. The second kappa shape index (κ2) is 5.44. The maximum Gasteiger partial charge on any atom is 0.202 e. The second-order valence-corrected chi connectivity index (χ2v) is 4.75. The molecule has 0 aliphatic rings. The number of nitrogens with zero attached hydrogens (tertiary/aromatic N) is 2. The van der Waals surface area contributed by atoms with Crippen LogP contribution < -0.4 is 5.32 Å². The van der Waals surface area contributed by atoms with E-state index < -0.39 is 0 Å². The van der Waals surface area contributed by atoms with E-state index in [1.54, 1.807) is 0 Å². The molecule has 0 aliphatic carbocycles. The molecule has 1 aromatic rings. The van der Waals surface area contributed by atoms with E-state index in [-0.39, 0.29) is 0 Å². The van der Waals surface area contributed by atoms with E-state index in [4.69, 9.17) is 0 Å². The van der Waals surface area contributed by atoms with E-state index in [2.05, 4.69) is 27.9 Å². The summed E-state index contributed by atoms with van der Waals surface area (Å²) >= 11 is 3.31. The first-order valence-electron chi connectivity index (χ1n) is 4.25. The van der Waals surface area contributed by atoms with E-state index in [0.717, 1.165) is 17.5 Å². The molecule has 1 aromatic heterocycles. The summed E-state index contributed by atoms with van der Waals surface area (Å²) in [5.74, 6) is 2.72. The first-order valence-corrected chi connectivity index (χ1v) is 6.42. The van der Waals surface area contributed by atoms with Crippen LogP contribution >= 0.6 is 23.3 Å². The lowest BCUT2D eigenvalue weighted by Gasteiger charge is -2.09. The van der Waals surface area contributed by atoms with E-state index in [0.29, 0.717) is 5.92 Å². The Balaban J connectivity index is 2.26. The Morgan fingerprint density at radius 2 is 2.38 bits per heavy atom. The van der Waals surface area contributed by atoms with Crippen LogP contribution in [0.25, 0.3) is 0 Å². The predicted molar refractivity (Wildman–Crippen MR) is 60.7 cm³/mol. The van der Waals surface area contributed by atoms with Gasteiger partial charge in [0, 0.05) is 18.1 Å². The molecule has 0 saturated carbocycles. The Morgan fingerprint density at radius 3 is 2.92 bits per heavy atom. The molecule has 1 atom stereocenters. The van der Waals surface area contributed by atoms with Crippen molar-refractivity contribution in [1.29, 1.82) is 0 Å². The summed E-state index contributed by atoms with van der Waals surface area (Å²) in [7, 11) is 0. The van der Waals surface area contributed by atoms with Crippen molar-refractivity contribution in [2.75, 3.05) is 23.9 Å². The highest BCUT2D eigenvalue weighted by atomic mass is 32.2. The van der Waals surface area contributed by atoms with Gasteiger partial charge in [-0.15, -0.1) is 0 Å². The van der Waals surface area contributed by atoms with Crippen molar-refractivity contribution in [3.05, 3.63) is 5.82 Å². The number of rotatable bonds is 5. The van der Waals surface area contributed by atoms with Crippen LogP contribution in [-0.4, -0.2) is 27.9 Å². The number of aryl methyl sites for hydroxylation is 1. The van der Waals surface area contributed by atoms with Gasteiger partial charge in [0.1, 0.15) is 5.82 Å². The molecule has 13 heavy (non-hydrogen) atoms. The molecule has 0 amide bonds. The van der Waals surface area contributed by atoms with Crippen LogP contribution in [0.15, 0.2) is 0 Å². The zero-order valence-electron chi connectivity index (χ0n) is 8.20. The second-order valence-electron chi connectivity index (χ2n) is 3.09. The minimum Gasteiger partial charge on any atom is -0.360 e. The van der Waals surface area contributed by atoms with Crippen LogP contribution in [0.4, 0.5) is 5.13 Å². The van der Waals surface area contributed by atoms with Gasteiger partial charge in [-0.3, -0.25) is 0 Å². The summed E-state index contributed by atoms with van der Waals surface area (Å²) in [6, 6.07) is 0. The normalized spacial score (nSPS) is 12.8. The molecule has 3 nitrogen and oxygen atoms in total. The van der Waals surface area contributed by atoms with E-state index >= 15 is 0 Å². The zero-order chi connectivity index (χ0) is 9.68. The summed E-state index contributed by atoms with van der Waals surface area (Å²) in [5.41, 5.74) is 0. The minimum atomic E-state index is 0.680. The van der Waals surface area contributed by atoms with Crippen LogP contribution in [0.2, 0.25) is 0 Å². The van der Waals surface area contributed by atoms with Gasteiger partial charge < -0.3 is 5.32 Å². The standard InChI is InChI=1S/C8H15N3S2/c1-6(5-12-3)4-9-8-10-7(2)11-13-8/h6H,4-5H2,1-3H3,(H,9,10,11). The van der Waals surface area contributed by atoms with Crippen molar-refractivity contribution in [3.8, 4) is 0 Å². The zero-order valence-corrected chi connectivity index (χ0v) is 9.84. The molecule has 0 aliphatic heterocycles. The molecule has 1 N–H and O–H groups in total. The van der Waals surface area contributed by atoms with Crippen LogP contribution in [-0.2, 0) is 0 Å². The average molecular weight is 217 g/mol. The molecule has 0 fully saturated rings. The van der Waals surface area contributed by atoms with Gasteiger partial charge in [0.15, 0.2) is 0 Å². The SMILES string of the molecule is CSCC(C)CNc1nc(C)ns1. The summed E-state index contributed by atoms with van der Waals surface area (Å²) in [5, 5.41) is 4.22. The summed E-state index contributed by atoms with van der Waals surface area (Å²) < 4.78 is 4.10. The largest absolute Gasteiger partial charge is 0.360 e. The molecule has 0 saturated heterocycles. The van der Waals surface area contributed by atoms with Crippen LogP contribution in [0.3, 0.4) is 0 Å². The number of hydrogen-bond donors (Lipinski definition) is 1. The predicted octanol–water partition coefficient (Wildman–Crippen LogP) is 2.26. The quantitative estimate of drug-likeness (QED) is 0.821. The Labute approximate surface area is 87.5 Å². The molecule has 1 rings (SSSR count). The molecule has 74 valence electrons. The van der Waals surface area contributed by atoms with Gasteiger partial charge in [0.25, 0.3) is 0 Å². The molecule has 0 bridgehead atoms. The Bertz CT molecular complexity index is 249. The third-order valence-corrected chi connectivity index (χ3v) is 3.25. The monoisotopic (exact) mass is 217 g/mol. The molecule has 5 heteroatoms. The molecule has 0 spiro atoms. The number of thioether (sulfide) groups is 1. The molecule has 0 aromatic carbocycles. The lowest BCUT2D eigenvalue weighted by Crippen LogP contribution is -2.12.